The molecule has 1 aliphatic rings. The van der Waals surface area contributed by atoms with Crippen LogP contribution < -0.4 is 9.47 Å². The Balaban J connectivity index is 2.14. The normalized spacial score (nSPS) is 15.1. The summed E-state index contributed by atoms with van der Waals surface area (Å²) >= 11 is 0. The first-order valence-electron chi connectivity index (χ1n) is 8.50. The fraction of sp³-hybridized carbons (Fsp3) is 0.579. The van der Waals surface area contributed by atoms with Gasteiger partial charge in [-0.1, -0.05) is 20.8 Å². The van der Waals surface area contributed by atoms with E-state index in [9.17, 15) is 9.59 Å². The second-order valence-corrected chi connectivity index (χ2v) is 7.36. The number of carbonyl (C=O) groups is 2. The number of aryl methyl sites for hydroxylation is 1. The zero-order chi connectivity index (χ0) is 18.8. The third kappa shape index (κ3) is 4.06. The highest BCUT2D eigenvalue weighted by molar-refractivity contribution is 5.97. The van der Waals surface area contributed by atoms with Gasteiger partial charge in [-0.2, -0.15) is 0 Å². The molecule has 1 saturated heterocycles. The van der Waals surface area contributed by atoms with E-state index >= 15 is 0 Å². The summed E-state index contributed by atoms with van der Waals surface area (Å²) in [4.78, 5) is 28.9. The first-order chi connectivity index (χ1) is 11.7. The second kappa shape index (κ2) is 7.33. The summed E-state index contributed by atoms with van der Waals surface area (Å²) in [5.41, 5.74) is 0.997. The molecule has 0 radical (unpaired) electrons. The van der Waals surface area contributed by atoms with Crippen molar-refractivity contribution in [2.24, 2.45) is 5.41 Å². The third-order valence-electron chi connectivity index (χ3n) is 4.44. The maximum atomic E-state index is 12.9. The molecule has 25 heavy (non-hydrogen) atoms. The van der Waals surface area contributed by atoms with Crippen LogP contribution in [0.4, 0.5) is 0 Å². The molecule has 0 spiro atoms. The van der Waals surface area contributed by atoms with E-state index in [4.69, 9.17) is 9.47 Å². The van der Waals surface area contributed by atoms with Gasteiger partial charge in [-0.15, -0.1) is 0 Å². The molecule has 1 aromatic rings. The Hall–Kier alpha value is -2.24. The number of benzene rings is 1. The Morgan fingerprint density at radius 3 is 1.92 bits per heavy atom. The second-order valence-electron chi connectivity index (χ2n) is 7.36. The highest BCUT2D eigenvalue weighted by atomic mass is 16.5. The van der Waals surface area contributed by atoms with Gasteiger partial charge in [-0.25, -0.2) is 0 Å². The summed E-state index contributed by atoms with van der Waals surface area (Å²) in [6, 6.07) is 3.54. The molecular weight excluding hydrogens is 320 g/mol. The van der Waals surface area contributed by atoms with Crippen LogP contribution in [0.3, 0.4) is 0 Å². The van der Waals surface area contributed by atoms with Crippen molar-refractivity contribution in [3.05, 3.63) is 23.3 Å². The maximum absolute atomic E-state index is 12.9. The number of hydrogen-bond acceptors (Lipinski definition) is 4. The van der Waals surface area contributed by atoms with Crippen LogP contribution in [-0.2, 0) is 4.79 Å². The minimum atomic E-state index is -0.403. The van der Waals surface area contributed by atoms with Gasteiger partial charge in [-0.05, 0) is 24.6 Å². The van der Waals surface area contributed by atoms with Crippen LogP contribution in [-0.4, -0.2) is 62.0 Å². The van der Waals surface area contributed by atoms with Crippen LogP contribution in [0, 0.1) is 12.3 Å². The first-order valence-corrected chi connectivity index (χ1v) is 8.50. The van der Waals surface area contributed by atoms with Gasteiger partial charge in [0.05, 0.1) is 19.8 Å². The molecule has 6 heteroatoms. The molecule has 1 aromatic carbocycles. The Labute approximate surface area is 149 Å². The Kier molecular flexibility index (Phi) is 5.60. The van der Waals surface area contributed by atoms with Crippen LogP contribution in [0.5, 0.6) is 11.5 Å². The van der Waals surface area contributed by atoms with Gasteiger partial charge in [-0.3, -0.25) is 9.59 Å². The lowest BCUT2D eigenvalue weighted by Crippen LogP contribution is -2.53. The molecular formula is C19H28N2O4. The average Bonchev–Trinajstić information content (AvgIpc) is 2.59. The summed E-state index contributed by atoms with van der Waals surface area (Å²) in [5, 5.41) is 0. The van der Waals surface area contributed by atoms with Gasteiger partial charge in [0.2, 0.25) is 5.91 Å². The number of carbonyl (C=O) groups excluding carboxylic acids is 2. The lowest BCUT2D eigenvalue weighted by molar-refractivity contribution is -0.140. The molecule has 0 bridgehead atoms. The minimum Gasteiger partial charge on any atom is -0.496 e. The van der Waals surface area contributed by atoms with Gasteiger partial charge in [0.25, 0.3) is 5.91 Å². The molecule has 0 atom stereocenters. The summed E-state index contributed by atoms with van der Waals surface area (Å²) in [6.07, 6.45) is 0. The molecule has 138 valence electrons. The van der Waals surface area contributed by atoms with E-state index in [0.717, 1.165) is 5.56 Å². The number of nitrogens with zero attached hydrogens (tertiary/aromatic N) is 2. The van der Waals surface area contributed by atoms with Gasteiger partial charge in [0.15, 0.2) is 0 Å². The third-order valence-corrected chi connectivity index (χ3v) is 4.44. The van der Waals surface area contributed by atoms with Crippen molar-refractivity contribution in [3.63, 3.8) is 0 Å². The number of hydrogen-bond donors (Lipinski definition) is 0. The van der Waals surface area contributed by atoms with Crippen molar-refractivity contribution in [1.29, 1.82) is 0 Å². The van der Waals surface area contributed by atoms with Crippen LogP contribution in [0.15, 0.2) is 12.1 Å². The molecule has 1 fully saturated rings. The molecule has 0 unspecified atom stereocenters. The number of piperazine rings is 1. The summed E-state index contributed by atoms with van der Waals surface area (Å²) < 4.78 is 10.7. The number of rotatable bonds is 3. The topological polar surface area (TPSA) is 59.1 Å². The van der Waals surface area contributed by atoms with Crippen molar-refractivity contribution in [2.45, 2.75) is 27.7 Å². The predicted molar refractivity (Wildman–Crippen MR) is 96.2 cm³/mol. The van der Waals surface area contributed by atoms with Crippen LogP contribution in [0.2, 0.25) is 0 Å². The van der Waals surface area contributed by atoms with E-state index in [1.807, 2.05) is 38.7 Å². The Morgan fingerprint density at radius 2 is 1.44 bits per heavy atom. The molecule has 2 rings (SSSR count). The van der Waals surface area contributed by atoms with Crippen LogP contribution in [0.25, 0.3) is 0 Å². The minimum absolute atomic E-state index is 0.0991. The Bertz CT molecular complexity index is 656. The molecule has 1 heterocycles. The van der Waals surface area contributed by atoms with Crippen LogP contribution in [0.1, 0.15) is 36.7 Å². The van der Waals surface area contributed by atoms with Crippen molar-refractivity contribution >= 4 is 11.8 Å². The van der Waals surface area contributed by atoms with Crippen molar-refractivity contribution in [1.82, 2.24) is 9.80 Å². The van der Waals surface area contributed by atoms with Crippen LogP contribution >= 0.6 is 0 Å². The van der Waals surface area contributed by atoms with E-state index in [2.05, 4.69) is 0 Å². The fourth-order valence-electron chi connectivity index (χ4n) is 2.97. The van der Waals surface area contributed by atoms with Crippen molar-refractivity contribution in [2.75, 3.05) is 40.4 Å². The molecule has 0 saturated carbocycles. The highest BCUT2D eigenvalue weighted by Crippen LogP contribution is 2.29. The van der Waals surface area contributed by atoms with Gasteiger partial charge < -0.3 is 19.3 Å². The Morgan fingerprint density at radius 1 is 0.920 bits per heavy atom. The molecule has 1 aliphatic heterocycles. The number of amides is 2. The molecule has 2 amide bonds. The molecule has 6 nitrogen and oxygen atoms in total. The monoisotopic (exact) mass is 348 g/mol. The number of methoxy groups -OCH3 is 2. The largest absolute Gasteiger partial charge is 0.496 e. The zero-order valence-electron chi connectivity index (χ0n) is 16.0. The average molecular weight is 348 g/mol. The van der Waals surface area contributed by atoms with E-state index in [-0.39, 0.29) is 11.8 Å². The summed E-state index contributed by atoms with van der Waals surface area (Å²) in [5.74, 6) is 1.22. The SMILES string of the molecule is COc1cc(C(=O)N2CCN(C(=O)C(C)(C)C)CC2)c(OC)cc1C. The predicted octanol–water partition coefficient (Wildman–Crippen LogP) is 2.34. The van der Waals surface area contributed by atoms with E-state index in [0.29, 0.717) is 43.2 Å². The lowest BCUT2D eigenvalue weighted by atomic mass is 9.94. The lowest BCUT2D eigenvalue weighted by Gasteiger charge is -2.37. The quantitative estimate of drug-likeness (QED) is 0.841. The maximum Gasteiger partial charge on any atom is 0.257 e. The zero-order valence-corrected chi connectivity index (χ0v) is 16.0. The smallest absolute Gasteiger partial charge is 0.257 e. The van der Waals surface area contributed by atoms with Gasteiger partial charge in [0.1, 0.15) is 11.5 Å². The highest BCUT2D eigenvalue weighted by Gasteiger charge is 2.31. The van der Waals surface area contributed by atoms with E-state index < -0.39 is 5.41 Å². The van der Waals surface area contributed by atoms with E-state index in [1.54, 1.807) is 25.2 Å². The first kappa shape index (κ1) is 19.1. The van der Waals surface area contributed by atoms with E-state index in [1.165, 1.54) is 0 Å². The van der Waals surface area contributed by atoms with Gasteiger partial charge >= 0.3 is 0 Å². The molecule has 0 aliphatic carbocycles. The summed E-state index contributed by atoms with van der Waals surface area (Å²) in [7, 11) is 3.14. The fourth-order valence-corrected chi connectivity index (χ4v) is 2.97. The standard InChI is InChI=1S/C19H28N2O4/c1-13-11-16(25-6)14(12-15(13)24-5)17(22)20-7-9-21(10-8-20)18(23)19(2,3)4/h11-12H,7-10H2,1-6H3. The molecule has 0 aromatic heterocycles. The number of ether oxygens (including phenoxy) is 2. The molecule has 0 N–H and O–H groups in total. The summed E-state index contributed by atoms with van der Waals surface area (Å²) in [6.45, 7) is 9.77. The van der Waals surface area contributed by atoms with Gasteiger partial charge in [0, 0.05) is 31.6 Å². The van der Waals surface area contributed by atoms with Crippen molar-refractivity contribution in [3.8, 4) is 11.5 Å². The van der Waals surface area contributed by atoms with Crippen molar-refractivity contribution < 1.29 is 19.1 Å².